The topological polar surface area (TPSA) is 123 Å². The summed E-state index contributed by atoms with van der Waals surface area (Å²) in [6, 6.07) is 14.1. The van der Waals surface area contributed by atoms with Crippen LogP contribution in [0, 0.1) is 10.1 Å². The Labute approximate surface area is 185 Å². The van der Waals surface area contributed by atoms with Gasteiger partial charge >= 0.3 is 5.69 Å². The molecule has 2 aromatic heterocycles. The van der Waals surface area contributed by atoms with Crippen LogP contribution in [0.4, 0.5) is 11.4 Å². The highest BCUT2D eigenvalue weighted by Gasteiger charge is 2.20. The minimum absolute atomic E-state index is 0.0596. The summed E-state index contributed by atoms with van der Waals surface area (Å²) in [5.74, 6) is 0.910. The molecule has 0 aliphatic rings. The maximum atomic E-state index is 10.9. The van der Waals surface area contributed by atoms with Gasteiger partial charge in [-0.15, -0.1) is 0 Å². The number of nitro benzene ring substituents is 1. The molecular formula is C22H24N6O4. The van der Waals surface area contributed by atoms with Crippen molar-refractivity contribution in [1.29, 1.82) is 0 Å². The summed E-state index contributed by atoms with van der Waals surface area (Å²) in [7, 11) is 6.68. The Morgan fingerprint density at radius 3 is 1.78 bits per heavy atom. The van der Waals surface area contributed by atoms with Crippen molar-refractivity contribution in [3.8, 4) is 34.0 Å². The molecular weight excluding hydrogens is 412 g/mol. The van der Waals surface area contributed by atoms with Gasteiger partial charge in [0.05, 0.1) is 41.8 Å². The second kappa shape index (κ2) is 9.65. The fourth-order valence-corrected chi connectivity index (χ4v) is 3.19. The largest absolute Gasteiger partial charge is 0.494 e. The van der Waals surface area contributed by atoms with Crippen molar-refractivity contribution in [1.82, 2.24) is 19.6 Å². The van der Waals surface area contributed by atoms with Crippen molar-refractivity contribution in [2.75, 3.05) is 20.0 Å². The van der Waals surface area contributed by atoms with Gasteiger partial charge in [-0.05, 0) is 30.3 Å². The van der Waals surface area contributed by atoms with E-state index < -0.39 is 4.92 Å². The Hall–Kier alpha value is -4.34. The molecule has 0 saturated carbocycles. The van der Waals surface area contributed by atoms with E-state index in [2.05, 4.69) is 10.2 Å². The lowest BCUT2D eigenvalue weighted by Crippen LogP contribution is -1.96. The van der Waals surface area contributed by atoms with Gasteiger partial charge in [-0.1, -0.05) is 12.1 Å². The lowest BCUT2D eigenvalue weighted by Gasteiger charge is -2.08. The summed E-state index contributed by atoms with van der Waals surface area (Å²) < 4.78 is 13.8. The Kier molecular flexibility index (Phi) is 6.74. The number of benzene rings is 2. The highest BCUT2D eigenvalue weighted by molar-refractivity contribution is 5.75. The highest BCUT2D eigenvalue weighted by Crippen LogP contribution is 2.36. The first-order valence-electron chi connectivity index (χ1n) is 9.59. The number of nitrogens with zero attached hydrogens (tertiary/aromatic N) is 5. The molecule has 32 heavy (non-hydrogen) atoms. The zero-order valence-corrected chi connectivity index (χ0v) is 18.2. The van der Waals surface area contributed by atoms with E-state index in [1.54, 1.807) is 47.9 Å². The number of para-hydroxylation sites is 2. The first-order valence-corrected chi connectivity index (χ1v) is 9.59. The van der Waals surface area contributed by atoms with Crippen LogP contribution in [0.25, 0.3) is 22.5 Å². The Balaban J connectivity index is 0.000000182. The standard InChI is InChI=1S/C11H11N3O3.C11H13N3O/c1-13-7-6-9(12-13)8-4-3-5-10(14(15)16)11(8)17-2;1-14-7-6-10(13-14)8-4-3-5-9(12)11(8)15-2/h3-7H,1-2H3;3-7H,12H2,1-2H3. The van der Waals surface area contributed by atoms with Crippen LogP contribution >= 0.6 is 0 Å². The molecule has 10 heteroatoms. The number of nitrogen functional groups attached to an aromatic ring is 1. The summed E-state index contributed by atoms with van der Waals surface area (Å²) in [6.07, 6.45) is 3.66. The summed E-state index contributed by atoms with van der Waals surface area (Å²) in [5.41, 5.74) is 9.42. The third kappa shape index (κ3) is 4.69. The Morgan fingerprint density at radius 1 is 0.844 bits per heavy atom. The minimum atomic E-state index is -0.467. The van der Waals surface area contributed by atoms with Crippen LogP contribution in [-0.4, -0.2) is 38.7 Å². The molecule has 0 bridgehead atoms. The van der Waals surface area contributed by atoms with Crippen LogP contribution < -0.4 is 15.2 Å². The number of nitro groups is 1. The van der Waals surface area contributed by atoms with Crippen molar-refractivity contribution in [3.05, 3.63) is 71.0 Å². The SMILES string of the molecule is COc1c(-c2ccn(C)n2)cccc1[N+](=O)[O-].COc1c(N)cccc1-c1ccn(C)n1. The average molecular weight is 436 g/mol. The van der Waals surface area contributed by atoms with Crippen LogP contribution in [0.3, 0.4) is 0 Å². The summed E-state index contributed by atoms with van der Waals surface area (Å²) in [4.78, 5) is 10.4. The number of hydrogen-bond donors (Lipinski definition) is 1. The first-order chi connectivity index (χ1) is 15.3. The molecule has 166 valence electrons. The predicted octanol–water partition coefficient (Wildman–Crippen LogP) is 3.68. The van der Waals surface area contributed by atoms with Gasteiger partial charge < -0.3 is 15.2 Å². The first kappa shape index (κ1) is 22.3. The lowest BCUT2D eigenvalue weighted by atomic mass is 10.1. The van der Waals surface area contributed by atoms with Crippen molar-refractivity contribution in [3.63, 3.8) is 0 Å². The second-order valence-electron chi connectivity index (χ2n) is 6.79. The van der Waals surface area contributed by atoms with Crippen molar-refractivity contribution >= 4 is 11.4 Å². The molecule has 0 fully saturated rings. The average Bonchev–Trinajstić information content (AvgIpc) is 3.41. The molecule has 2 heterocycles. The number of ether oxygens (including phenoxy) is 2. The number of hydrogen-bond acceptors (Lipinski definition) is 7. The third-order valence-corrected chi connectivity index (χ3v) is 4.62. The zero-order chi connectivity index (χ0) is 23.3. The van der Waals surface area contributed by atoms with Crippen LogP contribution in [0.1, 0.15) is 0 Å². The van der Waals surface area contributed by atoms with Gasteiger partial charge in [-0.2, -0.15) is 10.2 Å². The molecule has 4 rings (SSSR count). The Bertz CT molecular complexity index is 1230. The van der Waals surface area contributed by atoms with Gasteiger partial charge in [-0.3, -0.25) is 19.5 Å². The Morgan fingerprint density at radius 2 is 1.34 bits per heavy atom. The fraction of sp³-hybridized carbons (Fsp3) is 0.182. The van der Waals surface area contributed by atoms with Gasteiger partial charge in [0.25, 0.3) is 0 Å². The lowest BCUT2D eigenvalue weighted by molar-refractivity contribution is -0.385. The zero-order valence-electron chi connectivity index (χ0n) is 18.2. The van der Waals surface area contributed by atoms with Crippen LogP contribution in [0.15, 0.2) is 60.9 Å². The molecule has 0 aliphatic carbocycles. The predicted molar refractivity (Wildman–Crippen MR) is 121 cm³/mol. The number of aromatic nitrogens is 4. The second-order valence-corrected chi connectivity index (χ2v) is 6.79. The van der Waals surface area contributed by atoms with E-state index in [9.17, 15) is 10.1 Å². The van der Waals surface area contributed by atoms with E-state index >= 15 is 0 Å². The van der Waals surface area contributed by atoms with E-state index in [-0.39, 0.29) is 11.4 Å². The smallest absolute Gasteiger partial charge is 0.311 e. The van der Waals surface area contributed by atoms with E-state index in [1.807, 2.05) is 37.5 Å². The van der Waals surface area contributed by atoms with Gasteiger partial charge in [0.15, 0.2) is 5.75 Å². The molecule has 0 saturated heterocycles. The van der Waals surface area contributed by atoms with Crippen molar-refractivity contribution < 1.29 is 14.4 Å². The molecule has 10 nitrogen and oxygen atoms in total. The van der Waals surface area contributed by atoms with E-state index in [1.165, 1.54) is 13.2 Å². The van der Waals surface area contributed by atoms with Gasteiger partial charge in [-0.25, -0.2) is 0 Å². The molecule has 0 unspecified atom stereocenters. The molecule has 0 amide bonds. The molecule has 0 aliphatic heterocycles. The fourth-order valence-electron chi connectivity index (χ4n) is 3.19. The minimum Gasteiger partial charge on any atom is -0.494 e. The number of rotatable bonds is 5. The van der Waals surface area contributed by atoms with Crippen LogP contribution in [0.2, 0.25) is 0 Å². The third-order valence-electron chi connectivity index (χ3n) is 4.62. The van der Waals surface area contributed by atoms with Gasteiger partial charge in [0.1, 0.15) is 0 Å². The molecule has 0 radical (unpaired) electrons. The van der Waals surface area contributed by atoms with E-state index in [0.717, 1.165) is 11.3 Å². The summed E-state index contributed by atoms with van der Waals surface area (Å²) >= 11 is 0. The van der Waals surface area contributed by atoms with Crippen LogP contribution in [0.5, 0.6) is 11.5 Å². The van der Waals surface area contributed by atoms with Crippen molar-refractivity contribution in [2.24, 2.45) is 14.1 Å². The maximum absolute atomic E-state index is 10.9. The number of aryl methyl sites for hydroxylation is 2. The van der Waals surface area contributed by atoms with Gasteiger partial charge in [0.2, 0.25) is 5.75 Å². The summed E-state index contributed by atoms with van der Waals surface area (Å²) in [5, 5.41) is 19.4. The molecule has 0 atom stereocenters. The van der Waals surface area contributed by atoms with E-state index in [0.29, 0.717) is 22.7 Å². The van der Waals surface area contributed by atoms with Crippen LogP contribution in [-0.2, 0) is 14.1 Å². The highest BCUT2D eigenvalue weighted by atomic mass is 16.6. The number of methoxy groups -OCH3 is 2. The number of anilines is 1. The molecule has 0 spiro atoms. The van der Waals surface area contributed by atoms with Gasteiger partial charge in [0, 0.05) is 38.1 Å². The normalized spacial score (nSPS) is 10.2. The summed E-state index contributed by atoms with van der Waals surface area (Å²) in [6.45, 7) is 0. The van der Waals surface area contributed by atoms with Crippen molar-refractivity contribution in [2.45, 2.75) is 0 Å². The molecule has 2 N–H and O–H groups in total. The van der Waals surface area contributed by atoms with E-state index in [4.69, 9.17) is 15.2 Å². The molecule has 2 aromatic carbocycles. The molecule has 4 aromatic rings. The number of nitrogens with two attached hydrogens (primary N) is 1. The quantitative estimate of drug-likeness (QED) is 0.287. The maximum Gasteiger partial charge on any atom is 0.311 e. The monoisotopic (exact) mass is 436 g/mol.